The number of ether oxygens (including phenoxy) is 3. The summed E-state index contributed by atoms with van der Waals surface area (Å²) in [5, 5.41) is 2.92. The van der Waals surface area contributed by atoms with Crippen LogP contribution < -0.4 is 19.7 Å². The Bertz CT molecular complexity index is 557. The lowest BCUT2D eigenvalue weighted by atomic mass is 10.2. The van der Waals surface area contributed by atoms with Crippen molar-refractivity contribution in [2.24, 2.45) is 0 Å². The Labute approximate surface area is 154 Å². The third-order valence-electron chi connectivity index (χ3n) is 4.29. The van der Waals surface area contributed by atoms with Crippen LogP contribution in [0, 0.1) is 0 Å². The minimum atomic E-state index is -0.325. The third-order valence-corrected chi connectivity index (χ3v) is 4.95. The van der Waals surface area contributed by atoms with Gasteiger partial charge >= 0.3 is 6.03 Å². The van der Waals surface area contributed by atoms with Crippen LogP contribution in [0.1, 0.15) is 6.92 Å². The quantitative estimate of drug-likeness (QED) is 0.592. The number of rotatable bonds is 6. The van der Waals surface area contributed by atoms with Gasteiger partial charge in [0.1, 0.15) is 16.9 Å². The molecule has 2 rings (SSSR count). The number of hydrogen-bond donors (Lipinski definition) is 2. The molecule has 1 aromatic rings. The zero-order valence-electron chi connectivity index (χ0n) is 15.2. The molecule has 0 bridgehead atoms. The molecular weight excluding hydrogens is 342 g/mol. The van der Waals surface area contributed by atoms with Crippen molar-refractivity contribution in [1.29, 1.82) is 0 Å². The van der Waals surface area contributed by atoms with Crippen LogP contribution >= 0.6 is 12.6 Å². The molecule has 2 atom stereocenters. The van der Waals surface area contributed by atoms with Gasteiger partial charge in [-0.05, 0) is 6.92 Å². The van der Waals surface area contributed by atoms with Gasteiger partial charge in [0.25, 0.3) is 0 Å². The van der Waals surface area contributed by atoms with E-state index in [1.807, 2.05) is 25.1 Å². The van der Waals surface area contributed by atoms with E-state index in [1.165, 1.54) is 0 Å². The predicted octanol–water partition coefficient (Wildman–Crippen LogP) is 1.83. The van der Waals surface area contributed by atoms with Crippen LogP contribution in [0.4, 0.5) is 10.5 Å². The molecule has 0 saturated carbocycles. The first-order valence-electron chi connectivity index (χ1n) is 8.22. The number of thiol groups is 1. The Kier molecular flexibility index (Phi) is 7.07. The monoisotopic (exact) mass is 369 g/mol. The fourth-order valence-electron chi connectivity index (χ4n) is 2.70. The lowest BCUT2D eigenvalue weighted by molar-refractivity contribution is 0.138. The smallest absolute Gasteiger partial charge is 0.317 e. The molecule has 0 spiro atoms. The number of carbonyl (C=O) groups excluding carboxylic acids is 1. The summed E-state index contributed by atoms with van der Waals surface area (Å²) in [6.45, 7) is 4.64. The second-order valence-corrected chi connectivity index (χ2v) is 6.42. The first-order valence-corrected chi connectivity index (χ1v) is 8.74. The molecule has 1 aliphatic rings. The molecule has 1 fully saturated rings. The fourth-order valence-corrected chi connectivity index (χ4v) is 2.78. The first kappa shape index (κ1) is 19.5. The Hall–Kier alpha value is -1.80. The highest BCUT2D eigenvalue weighted by molar-refractivity contribution is 7.80. The number of methoxy groups -OCH3 is 3. The van der Waals surface area contributed by atoms with Gasteiger partial charge in [0.15, 0.2) is 0 Å². The van der Waals surface area contributed by atoms with Crippen molar-refractivity contribution in [3.05, 3.63) is 18.2 Å². The van der Waals surface area contributed by atoms with E-state index in [-0.39, 0.29) is 17.5 Å². The molecule has 7 nitrogen and oxygen atoms in total. The number of nitrogens with zero attached hydrogens (tertiary/aromatic N) is 2. The molecular formula is C17H27N3O4S. The van der Waals surface area contributed by atoms with Crippen molar-refractivity contribution in [1.82, 2.24) is 10.2 Å². The molecule has 25 heavy (non-hydrogen) atoms. The summed E-state index contributed by atoms with van der Waals surface area (Å²) in [6, 6.07) is 5.54. The molecule has 1 heterocycles. The Balaban J connectivity index is 1.94. The molecule has 1 N–H and O–H groups in total. The molecule has 0 aromatic heterocycles. The van der Waals surface area contributed by atoms with Crippen molar-refractivity contribution in [3.63, 3.8) is 0 Å². The number of carbonyl (C=O) groups is 1. The Morgan fingerprint density at radius 1 is 1.08 bits per heavy atom. The number of benzene rings is 1. The second-order valence-electron chi connectivity index (χ2n) is 5.91. The molecule has 2 unspecified atom stereocenters. The normalized spacial score (nSPS) is 17.0. The lowest BCUT2D eigenvalue weighted by Gasteiger charge is -2.37. The zero-order valence-corrected chi connectivity index (χ0v) is 16.1. The molecule has 0 aliphatic carbocycles. The van der Waals surface area contributed by atoms with E-state index in [2.05, 4.69) is 22.8 Å². The van der Waals surface area contributed by atoms with Crippen LogP contribution in [0.25, 0.3) is 0 Å². The van der Waals surface area contributed by atoms with E-state index >= 15 is 0 Å². The maximum Gasteiger partial charge on any atom is 0.317 e. The molecule has 140 valence electrons. The van der Waals surface area contributed by atoms with Crippen LogP contribution in [0.15, 0.2) is 18.2 Å². The maximum absolute atomic E-state index is 12.3. The minimum Gasteiger partial charge on any atom is -0.497 e. The highest BCUT2D eigenvalue weighted by atomic mass is 32.1. The highest BCUT2D eigenvalue weighted by Gasteiger charge is 2.24. The summed E-state index contributed by atoms with van der Waals surface area (Å²) in [5.41, 5.74) is 0.703. The molecule has 0 radical (unpaired) electrons. The van der Waals surface area contributed by atoms with Crippen molar-refractivity contribution < 1.29 is 19.0 Å². The average Bonchev–Trinajstić information content (AvgIpc) is 2.66. The third kappa shape index (κ3) is 5.09. The first-order chi connectivity index (χ1) is 12.0. The van der Waals surface area contributed by atoms with Gasteiger partial charge < -0.3 is 29.3 Å². The van der Waals surface area contributed by atoms with Gasteiger partial charge in [-0.2, -0.15) is 0 Å². The van der Waals surface area contributed by atoms with Crippen LogP contribution in [0.2, 0.25) is 0 Å². The number of amides is 2. The van der Waals surface area contributed by atoms with Crippen molar-refractivity contribution in [2.75, 3.05) is 52.4 Å². The van der Waals surface area contributed by atoms with Crippen LogP contribution in [-0.4, -0.2) is 69.9 Å². The van der Waals surface area contributed by atoms with Gasteiger partial charge in [0, 0.05) is 57.2 Å². The standard InChI is InChI=1S/C17H27N3O4S/c1-12(16(25)24-4)18-17(21)20-7-5-19(6-8-20)13-9-14(22-2)11-15(10-13)23-3/h9-12,16,25H,5-8H2,1-4H3,(H,18,21). The summed E-state index contributed by atoms with van der Waals surface area (Å²) in [5.74, 6) is 1.51. The second kappa shape index (κ2) is 9.05. The van der Waals surface area contributed by atoms with Gasteiger partial charge in [-0.3, -0.25) is 0 Å². The summed E-state index contributed by atoms with van der Waals surface area (Å²) in [6.07, 6.45) is 0. The summed E-state index contributed by atoms with van der Waals surface area (Å²) in [4.78, 5) is 16.4. The van der Waals surface area contributed by atoms with Gasteiger partial charge in [0.05, 0.1) is 20.3 Å². The predicted molar refractivity (Wildman–Crippen MR) is 101 cm³/mol. The van der Waals surface area contributed by atoms with E-state index in [1.54, 1.807) is 26.2 Å². The SMILES string of the molecule is COc1cc(OC)cc(N2CCN(C(=O)NC(C)C(S)OC)CC2)c1. The van der Waals surface area contributed by atoms with Gasteiger partial charge in [0.2, 0.25) is 0 Å². The topological polar surface area (TPSA) is 63.3 Å². The zero-order chi connectivity index (χ0) is 18.4. The Morgan fingerprint density at radius 2 is 1.64 bits per heavy atom. The number of piperazine rings is 1. The molecule has 1 saturated heterocycles. The molecule has 8 heteroatoms. The van der Waals surface area contributed by atoms with Gasteiger partial charge in [-0.1, -0.05) is 0 Å². The van der Waals surface area contributed by atoms with Crippen molar-refractivity contribution in [3.8, 4) is 11.5 Å². The minimum absolute atomic E-state index is 0.0912. The van der Waals surface area contributed by atoms with Crippen molar-refractivity contribution in [2.45, 2.75) is 18.4 Å². The van der Waals surface area contributed by atoms with Crippen LogP contribution in [-0.2, 0) is 4.74 Å². The van der Waals surface area contributed by atoms with E-state index < -0.39 is 0 Å². The summed E-state index contributed by atoms with van der Waals surface area (Å²) < 4.78 is 15.8. The molecule has 1 aromatic carbocycles. The van der Waals surface area contributed by atoms with Crippen molar-refractivity contribution >= 4 is 24.3 Å². The largest absolute Gasteiger partial charge is 0.497 e. The fraction of sp³-hybridized carbons (Fsp3) is 0.588. The van der Waals surface area contributed by atoms with E-state index in [0.717, 1.165) is 30.3 Å². The number of hydrogen-bond acceptors (Lipinski definition) is 6. The highest BCUT2D eigenvalue weighted by Crippen LogP contribution is 2.29. The number of nitrogens with one attached hydrogen (secondary N) is 1. The van der Waals surface area contributed by atoms with Crippen LogP contribution in [0.3, 0.4) is 0 Å². The Morgan fingerprint density at radius 3 is 2.12 bits per heavy atom. The maximum atomic E-state index is 12.3. The lowest BCUT2D eigenvalue weighted by Crippen LogP contribution is -2.54. The van der Waals surface area contributed by atoms with Crippen LogP contribution in [0.5, 0.6) is 11.5 Å². The van der Waals surface area contributed by atoms with E-state index in [4.69, 9.17) is 14.2 Å². The summed E-state index contributed by atoms with van der Waals surface area (Å²) in [7, 11) is 4.84. The van der Waals surface area contributed by atoms with Gasteiger partial charge in [-0.15, -0.1) is 12.6 Å². The van der Waals surface area contributed by atoms with Gasteiger partial charge in [-0.25, -0.2) is 4.79 Å². The molecule has 1 aliphatic heterocycles. The van der Waals surface area contributed by atoms with E-state index in [9.17, 15) is 4.79 Å². The number of urea groups is 1. The number of anilines is 1. The molecule has 2 amide bonds. The summed E-state index contributed by atoms with van der Waals surface area (Å²) >= 11 is 4.28. The van der Waals surface area contributed by atoms with E-state index in [0.29, 0.717) is 13.1 Å². The average molecular weight is 369 g/mol.